The third kappa shape index (κ3) is 4.76. The predicted molar refractivity (Wildman–Crippen MR) is 111 cm³/mol. The highest BCUT2D eigenvalue weighted by molar-refractivity contribution is 7.17. The van der Waals surface area contributed by atoms with E-state index in [1.54, 1.807) is 24.5 Å². The van der Waals surface area contributed by atoms with Crippen molar-refractivity contribution in [2.24, 2.45) is 5.92 Å². The smallest absolute Gasteiger partial charge is 0.263 e. The molecule has 1 amide bonds. The molecule has 4 rings (SSSR count). The molecule has 2 heterocycles. The van der Waals surface area contributed by atoms with Crippen molar-refractivity contribution < 1.29 is 9.18 Å². The molecule has 0 bridgehead atoms. The second-order valence-corrected chi connectivity index (χ2v) is 8.33. The van der Waals surface area contributed by atoms with E-state index in [9.17, 15) is 9.18 Å². The molecule has 6 nitrogen and oxygen atoms in total. The van der Waals surface area contributed by atoms with Crippen molar-refractivity contribution in [1.29, 1.82) is 0 Å². The summed E-state index contributed by atoms with van der Waals surface area (Å²) in [5.74, 6) is 0.982. The molecular formula is C21H22FN5OS. The maximum Gasteiger partial charge on any atom is 0.263 e. The Morgan fingerprint density at radius 2 is 2.00 bits per heavy atom. The number of aryl methyl sites for hydroxylation is 1. The number of thiazole rings is 1. The first-order valence-corrected chi connectivity index (χ1v) is 10.3. The maximum absolute atomic E-state index is 13.1. The van der Waals surface area contributed by atoms with Crippen LogP contribution in [0.1, 0.15) is 33.8 Å². The first-order chi connectivity index (χ1) is 14.0. The molecule has 2 aromatic heterocycles. The van der Waals surface area contributed by atoms with E-state index in [0.717, 1.165) is 12.1 Å². The molecule has 1 aliphatic carbocycles. The molecule has 1 fully saturated rings. The molecular weight excluding hydrogens is 389 g/mol. The molecule has 1 N–H and O–H groups in total. The fourth-order valence-corrected chi connectivity index (χ4v) is 3.88. The Morgan fingerprint density at radius 3 is 2.72 bits per heavy atom. The number of hydrogen-bond donors (Lipinski definition) is 1. The molecule has 0 unspecified atom stereocenters. The number of nitrogens with zero attached hydrogens (tertiary/aromatic N) is 4. The van der Waals surface area contributed by atoms with Gasteiger partial charge in [0.15, 0.2) is 0 Å². The lowest BCUT2D eigenvalue weighted by molar-refractivity contribution is 0.0955. The molecule has 0 saturated heterocycles. The van der Waals surface area contributed by atoms with Crippen LogP contribution in [0.5, 0.6) is 0 Å². The molecule has 1 aliphatic rings. The number of aromatic nitrogens is 3. The van der Waals surface area contributed by atoms with Crippen LogP contribution in [0.25, 0.3) is 10.7 Å². The van der Waals surface area contributed by atoms with E-state index in [-0.39, 0.29) is 11.7 Å². The van der Waals surface area contributed by atoms with Gasteiger partial charge in [0.2, 0.25) is 0 Å². The Kier molecular flexibility index (Phi) is 5.53. The molecule has 0 aliphatic heterocycles. The molecule has 8 heteroatoms. The molecule has 3 aromatic rings. The van der Waals surface area contributed by atoms with Crippen molar-refractivity contribution in [3.05, 3.63) is 58.6 Å². The first-order valence-electron chi connectivity index (χ1n) is 9.53. The quantitative estimate of drug-likeness (QED) is 0.640. The Bertz CT molecular complexity index is 1020. The van der Waals surface area contributed by atoms with Crippen LogP contribution in [-0.2, 0) is 6.54 Å². The van der Waals surface area contributed by atoms with Gasteiger partial charge in [-0.25, -0.2) is 14.4 Å². The highest BCUT2D eigenvalue weighted by Crippen LogP contribution is 2.29. The topological polar surface area (TPSA) is 71.0 Å². The number of benzene rings is 1. The second kappa shape index (κ2) is 8.24. The zero-order valence-corrected chi connectivity index (χ0v) is 17.2. The summed E-state index contributed by atoms with van der Waals surface area (Å²) >= 11 is 1.33. The molecule has 0 spiro atoms. The van der Waals surface area contributed by atoms with Crippen LogP contribution in [0, 0.1) is 18.7 Å². The van der Waals surface area contributed by atoms with Gasteiger partial charge in [0.05, 0.1) is 18.1 Å². The molecule has 0 atom stereocenters. The summed E-state index contributed by atoms with van der Waals surface area (Å²) < 4.78 is 13.1. The number of carbonyl (C=O) groups is 1. The lowest BCUT2D eigenvalue weighted by atomic mass is 10.2. The minimum absolute atomic E-state index is 0.0734. The van der Waals surface area contributed by atoms with Crippen molar-refractivity contribution in [3.63, 3.8) is 0 Å². The second-order valence-electron chi connectivity index (χ2n) is 7.33. The summed E-state index contributed by atoms with van der Waals surface area (Å²) in [5, 5.41) is 3.66. The van der Waals surface area contributed by atoms with Gasteiger partial charge in [-0.3, -0.25) is 9.78 Å². The van der Waals surface area contributed by atoms with E-state index in [0.29, 0.717) is 39.6 Å². The summed E-state index contributed by atoms with van der Waals surface area (Å²) in [6.45, 7) is 3.14. The normalized spacial score (nSPS) is 13.3. The van der Waals surface area contributed by atoms with Crippen LogP contribution < -0.4 is 10.2 Å². The number of anilines is 1. The fraction of sp³-hybridized carbons (Fsp3) is 0.333. The number of rotatable bonds is 7. The number of hydrogen-bond acceptors (Lipinski definition) is 6. The van der Waals surface area contributed by atoms with E-state index in [4.69, 9.17) is 0 Å². The van der Waals surface area contributed by atoms with Crippen molar-refractivity contribution in [1.82, 2.24) is 20.3 Å². The van der Waals surface area contributed by atoms with Gasteiger partial charge >= 0.3 is 0 Å². The van der Waals surface area contributed by atoms with Gasteiger partial charge < -0.3 is 10.2 Å². The SMILES string of the molecule is Cc1nc(-c2cncc(N(C)Cc3ccc(F)cc3)n2)sc1C(=O)NCC1CC1. The van der Waals surface area contributed by atoms with Gasteiger partial charge in [-0.1, -0.05) is 12.1 Å². The third-order valence-corrected chi connectivity index (χ3v) is 5.99. The average Bonchev–Trinajstić information content (AvgIpc) is 3.48. The summed E-state index contributed by atoms with van der Waals surface area (Å²) in [6, 6.07) is 6.39. The monoisotopic (exact) mass is 411 g/mol. The van der Waals surface area contributed by atoms with Gasteiger partial charge in [-0.2, -0.15) is 0 Å². The van der Waals surface area contributed by atoms with Gasteiger partial charge in [0, 0.05) is 20.1 Å². The minimum Gasteiger partial charge on any atom is -0.354 e. The predicted octanol–water partition coefficient (Wildman–Crippen LogP) is 3.82. The van der Waals surface area contributed by atoms with Crippen LogP contribution in [0.2, 0.25) is 0 Å². The largest absolute Gasteiger partial charge is 0.354 e. The summed E-state index contributed by atoms with van der Waals surface area (Å²) in [6.07, 6.45) is 5.72. The molecule has 0 radical (unpaired) electrons. The van der Waals surface area contributed by atoms with Crippen molar-refractivity contribution in [2.75, 3.05) is 18.5 Å². The lowest BCUT2D eigenvalue weighted by Gasteiger charge is -2.18. The van der Waals surface area contributed by atoms with E-state index in [2.05, 4.69) is 20.3 Å². The van der Waals surface area contributed by atoms with E-state index in [1.165, 1.54) is 36.3 Å². The van der Waals surface area contributed by atoms with Crippen LogP contribution in [0.3, 0.4) is 0 Å². The zero-order chi connectivity index (χ0) is 20.4. The summed E-state index contributed by atoms with van der Waals surface area (Å²) in [7, 11) is 1.90. The van der Waals surface area contributed by atoms with Crippen LogP contribution in [-0.4, -0.2) is 34.5 Å². The molecule has 1 saturated carbocycles. The highest BCUT2D eigenvalue weighted by atomic mass is 32.1. The van der Waals surface area contributed by atoms with E-state index in [1.807, 2.05) is 18.9 Å². The standard InChI is InChI=1S/C21H22FN5OS/c1-13-19(20(28)24-9-14-3-4-14)29-21(25-13)17-10-23-11-18(26-17)27(2)12-15-5-7-16(22)8-6-15/h5-8,10-11,14H,3-4,9,12H2,1-2H3,(H,24,28). The number of amides is 1. The van der Waals surface area contributed by atoms with E-state index >= 15 is 0 Å². The fourth-order valence-electron chi connectivity index (χ4n) is 2.94. The first kappa shape index (κ1) is 19.4. The third-order valence-electron chi connectivity index (χ3n) is 4.82. The Balaban J connectivity index is 1.49. The van der Waals surface area contributed by atoms with Crippen LogP contribution >= 0.6 is 11.3 Å². The Morgan fingerprint density at radius 1 is 1.24 bits per heavy atom. The van der Waals surface area contributed by atoms with Crippen molar-refractivity contribution >= 4 is 23.1 Å². The van der Waals surface area contributed by atoms with Gasteiger partial charge in [-0.15, -0.1) is 11.3 Å². The number of halogens is 1. The molecule has 150 valence electrons. The number of carbonyl (C=O) groups excluding carboxylic acids is 1. The maximum atomic E-state index is 13.1. The number of nitrogens with one attached hydrogen (secondary N) is 1. The summed E-state index contributed by atoms with van der Waals surface area (Å²) in [4.78, 5) is 28.5. The van der Waals surface area contributed by atoms with Gasteiger partial charge in [0.25, 0.3) is 5.91 Å². The molecule has 1 aromatic carbocycles. The lowest BCUT2D eigenvalue weighted by Crippen LogP contribution is -2.25. The van der Waals surface area contributed by atoms with Gasteiger partial charge in [0.1, 0.15) is 27.2 Å². The van der Waals surface area contributed by atoms with Crippen molar-refractivity contribution in [3.8, 4) is 10.7 Å². The Hall–Kier alpha value is -2.87. The van der Waals surface area contributed by atoms with Crippen LogP contribution in [0.4, 0.5) is 10.2 Å². The zero-order valence-electron chi connectivity index (χ0n) is 16.4. The Labute approximate surface area is 172 Å². The van der Waals surface area contributed by atoms with Crippen LogP contribution in [0.15, 0.2) is 36.7 Å². The minimum atomic E-state index is -0.255. The van der Waals surface area contributed by atoms with Gasteiger partial charge in [-0.05, 0) is 43.4 Å². The average molecular weight is 412 g/mol. The van der Waals surface area contributed by atoms with E-state index < -0.39 is 0 Å². The molecule has 29 heavy (non-hydrogen) atoms. The summed E-state index contributed by atoms with van der Waals surface area (Å²) in [5.41, 5.74) is 2.30. The van der Waals surface area contributed by atoms with Crippen molar-refractivity contribution in [2.45, 2.75) is 26.3 Å². The highest BCUT2D eigenvalue weighted by Gasteiger charge is 2.23.